The second-order valence-electron chi connectivity index (χ2n) is 3.94. The molecule has 0 fully saturated rings. The molecule has 0 aliphatic carbocycles. The zero-order valence-corrected chi connectivity index (χ0v) is 12.5. The number of aromatic nitrogens is 1. The zero-order chi connectivity index (χ0) is 13.8. The van der Waals surface area contributed by atoms with E-state index in [9.17, 15) is 4.79 Å². The van der Waals surface area contributed by atoms with E-state index in [1.807, 2.05) is 18.2 Å². The molecule has 1 amide bonds. The second kappa shape index (κ2) is 5.95. The fourth-order valence-corrected chi connectivity index (χ4v) is 3.12. The number of carbonyl (C=O) groups is 1. The third-order valence-electron chi connectivity index (χ3n) is 2.48. The minimum absolute atomic E-state index is 0.144. The number of nitriles is 1. The van der Waals surface area contributed by atoms with Crippen LogP contribution in [0.15, 0.2) is 34.4 Å². The minimum atomic E-state index is -0.144. The monoisotopic (exact) mass is 335 g/mol. The molecule has 2 rings (SSSR count). The topological polar surface area (TPSA) is 57.0 Å². The van der Waals surface area contributed by atoms with E-state index >= 15 is 0 Å². The number of halogens is 1. The van der Waals surface area contributed by atoms with Gasteiger partial charge in [0.15, 0.2) is 0 Å². The van der Waals surface area contributed by atoms with Crippen molar-refractivity contribution < 1.29 is 4.79 Å². The zero-order valence-electron chi connectivity index (χ0n) is 10.1. The van der Waals surface area contributed by atoms with Gasteiger partial charge in [-0.05, 0) is 34.1 Å². The van der Waals surface area contributed by atoms with Gasteiger partial charge in [0.1, 0.15) is 6.07 Å². The fourth-order valence-electron chi connectivity index (χ4n) is 1.58. The van der Waals surface area contributed by atoms with Crippen LogP contribution >= 0.6 is 27.3 Å². The van der Waals surface area contributed by atoms with E-state index in [-0.39, 0.29) is 5.91 Å². The summed E-state index contributed by atoms with van der Waals surface area (Å²) < 4.78 is 1.04. The lowest BCUT2D eigenvalue weighted by Crippen LogP contribution is -2.25. The first-order chi connectivity index (χ1) is 9.10. The SMILES string of the molecule is CN(Cc1ccc(Br)s1)C(=O)c1cncc(C#N)c1. The largest absolute Gasteiger partial charge is 0.337 e. The van der Waals surface area contributed by atoms with Crippen LogP contribution in [-0.2, 0) is 6.54 Å². The van der Waals surface area contributed by atoms with Crippen LogP contribution < -0.4 is 0 Å². The van der Waals surface area contributed by atoms with E-state index in [2.05, 4.69) is 20.9 Å². The van der Waals surface area contributed by atoms with E-state index in [0.29, 0.717) is 17.7 Å². The third kappa shape index (κ3) is 3.40. The summed E-state index contributed by atoms with van der Waals surface area (Å²) in [6, 6.07) is 7.46. The van der Waals surface area contributed by atoms with Crippen LogP contribution in [0.1, 0.15) is 20.8 Å². The Kier molecular flexibility index (Phi) is 4.30. The summed E-state index contributed by atoms with van der Waals surface area (Å²) >= 11 is 4.98. The number of pyridine rings is 1. The Hall–Kier alpha value is -1.71. The Morgan fingerprint density at radius 1 is 1.53 bits per heavy atom. The van der Waals surface area contributed by atoms with Gasteiger partial charge in [-0.3, -0.25) is 9.78 Å². The van der Waals surface area contributed by atoms with Crippen LogP contribution in [0.4, 0.5) is 0 Å². The van der Waals surface area contributed by atoms with Crippen LogP contribution in [0.3, 0.4) is 0 Å². The summed E-state index contributed by atoms with van der Waals surface area (Å²) in [5, 5.41) is 8.80. The maximum absolute atomic E-state index is 12.2. The fraction of sp³-hybridized carbons (Fsp3) is 0.154. The molecule has 19 heavy (non-hydrogen) atoms. The smallest absolute Gasteiger partial charge is 0.255 e. The lowest BCUT2D eigenvalue weighted by atomic mass is 10.2. The maximum Gasteiger partial charge on any atom is 0.255 e. The summed E-state index contributed by atoms with van der Waals surface area (Å²) in [5.74, 6) is -0.144. The van der Waals surface area contributed by atoms with Gasteiger partial charge in [0, 0.05) is 24.3 Å². The molecule has 0 unspecified atom stereocenters. The number of hydrogen-bond acceptors (Lipinski definition) is 4. The van der Waals surface area contributed by atoms with Crippen LogP contribution in [0.5, 0.6) is 0 Å². The molecule has 0 aliphatic rings. The highest BCUT2D eigenvalue weighted by atomic mass is 79.9. The van der Waals surface area contributed by atoms with Gasteiger partial charge >= 0.3 is 0 Å². The maximum atomic E-state index is 12.2. The number of rotatable bonds is 3. The van der Waals surface area contributed by atoms with Gasteiger partial charge in [-0.15, -0.1) is 11.3 Å². The highest BCUT2D eigenvalue weighted by Gasteiger charge is 2.13. The third-order valence-corrected chi connectivity index (χ3v) is 4.09. The summed E-state index contributed by atoms with van der Waals surface area (Å²) in [5.41, 5.74) is 0.815. The van der Waals surface area contributed by atoms with Gasteiger partial charge in [-0.25, -0.2) is 0 Å². The highest BCUT2D eigenvalue weighted by molar-refractivity contribution is 9.11. The molecule has 96 valence electrons. The van der Waals surface area contributed by atoms with Gasteiger partial charge in [0.05, 0.1) is 21.5 Å². The first-order valence-electron chi connectivity index (χ1n) is 5.45. The second-order valence-corrected chi connectivity index (χ2v) is 6.49. The molecule has 0 atom stereocenters. The Morgan fingerprint density at radius 3 is 2.95 bits per heavy atom. The summed E-state index contributed by atoms with van der Waals surface area (Å²) in [6.07, 6.45) is 2.91. The lowest BCUT2D eigenvalue weighted by molar-refractivity contribution is 0.0786. The molecule has 0 aromatic carbocycles. The summed E-state index contributed by atoms with van der Waals surface area (Å²) in [4.78, 5) is 18.8. The van der Waals surface area contributed by atoms with Crippen LogP contribution in [-0.4, -0.2) is 22.8 Å². The average Bonchev–Trinajstić information content (AvgIpc) is 2.83. The molecular formula is C13H10BrN3OS. The van der Waals surface area contributed by atoms with Gasteiger partial charge in [-0.2, -0.15) is 5.26 Å². The first kappa shape index (κ1) is 13.7. The Balaban J connectivity index is 2.12. The van der Waals surface area contributed by atoms with Crippen molar-refractivity contribution in [2.45, 2.75) is 6.54 Å². The molecular weight excluding hydrogens is 326 g/mol. The van der Waals surface area contributed by atoms with Gasteiger partial charge < -0.3 is 4.90 Å². The van der Waals surface area contributed by atoms with Crippen molar-refractivity contribution in [3.8, 4) is 6.07 Å². The molecule has 0 saturated carbocycles. The van der Waals surface area contributed by atoms with Crippen molar-refractivity contribution in [3.63, 3.8) is 0 Å². The molecule has 6 heteroatoms. The molecule has 0 spiro atoms. The predicted molar refractivity (Wildman–Crippen MR) is 76.8 cm³/mol. The van der Waals surface area contributed by atoms with Crippen molar-refractivity contribution in [1.82, 2.24) is 9.88 Å². The Labute approximate surface area is 123 Å². The molecule has 0 saturated heterocycles. The summed E-state index contributed by atoms with van der Waals surface area (Å²) in [6.45, 7) is 0.534. The number of nitrogens with zero attached hydrogens (tertiary/aromatic N) is 3. The van der Waals surface area contributed by atoms with E-state index in [1.54, 1.807) is 29.4 Å². The van der Waals surface area contributed by atoms with Crippen molar-refractivity contribution in [3.05, 3.63) is 50.4 Å². The highest BCUT2D eigenvalue weighted by Crippen LogP contribution is 2.23. The van der Waals surface area contributed by atoms with Gasteiger partial charge in [-0.1, -0.05) is 0 Å². The van der Waals surface area contributed by atoms with Crippen LogP contribution in [0, 0.1) is 11.3 Å². The molecule has 2 aromatic rings. The van der Waals surface area contributed by atoms with E-state index in [1.165, 1.54) is 12.4 Å². The molecule has 2 heterocycles. The van der Waals surface area contributed by atoms with E-state index < -0.39 is 0 Å². The lowest BCUT2D eigenvalue weighted by Gasteiger charge is -2.16. The molecule has 4 nitrogen and oxygen atoms in total. The quantitative estimate of drug-likeness (QED) is 0.866. The number of carbonyl (C=O) groups excluding carboxylic acids is 1. The van der Waals surface area contributed by atoms with Crippen molar-refractivity contribution in [2.75, 3.05) is 7.05 Å². The normalized spacial score (nSPS) is 9.95. The Morgan fingerprint density at radius 2 is 2.32 bits per heavy atom. The van der Waals surface area contributed by atoms with E-state index in [4.69, 9.17) is 5.26 Å². The van der Waals surface area contributed by atoms with Crippen LogP contribution in [0.2, 0.25) is 0 Å². The molecule has 0 radical (unpaired) electrons. The van der Waals surface area contributed by atoms with Crippen LogP contribution in [0.25, 0.3) is 0 Å². The van der Waals surface area contributed by atoms with Gasteiger partial charge in [0.2, 0.25) is 0 Å². The van der Waals surface area contributed by atoms with Crippen molar-refractivity contribution >= 4 is 33.2 Å². The number of thiophene rings is 1. The van der Waals surface area contributed by atoms with Crippen molar-refractivity contribution in [2.24, 2.45) is 0 Å². The standard InChI is InChI=1S/C13H10BrN3OS/c1-17(8-11-2-3-12(14)19-11)13(18)10-4-9(5-15)6-16-7-10/h2-4,6-7H,8H2,1H3. The summed E-state index contributed by atoms with van der Waals surface area (Å²) in [7, 11) is 1.73. The van der Waals surface area contributed by atoms with Gasteiger partial charge in [0.25, 0.3) is 5.91 Å². The number of hydrogen-bond donors (Lipinski definition) is 0. The first-order valence-corrected chi connectivity index (χ1v) is 7.06. The molecule has 0 bridgehead atoms. The number of amides is 1. The average molecular weight is 336 g/mol. The molecule has 0 N–H and O–H groups in total. The Bertz CT molecular complexity index is 647. The molecule has 2 aromatic heterocycles. The van der Waals surface area contributed by atoms with Crippen molar-refractivity contribution in [1.29, 1.82) is 5.26 Å². The molecule has 0 aliphatic heterocycles. The predicted octanol–water partition coefficient (Wildman–Crippen LogP) is 3.05. The van der Waals surface area contributed by atoms with E-state index in [0.717, 1.165) is 8.66 Å². The minimum Gasteiger partial charge on any atom is -0.337 e.